The lowest BCUT2D eigenvalue weighted by atomic mass is 10.0. The highest BCUT2D eigenvalue weighted by molar-refractivity contribution is 5.86. The minimum atomic E-state index is -4.99. The van der Waals surface area contributed by atoms with Crippen LogP contribution in [0.5, 0.6) is 0 Å². The number of rotatable bonds is 4. The molecule has 16 heavy (non-hydrogen) atoms. The lowest BCUT2D eigenvalue weighted by molar-refractivity contribution is -0.267. The van der Waals surface area contributed by atoms with E-state index in [9.17, 15) is 22.4 Å². The molecular formula is C9H12F4O3. The molecular weight excluding hydrogens is 232 g/mol. The second kappa shape index (κ2) is 4.82. The molecule has 0 saturated heterocycles. The second-order valence-corrected chi connectivity index (χ2v) is 3.57. The van der Waals surface area contributed by atoms with Crippen LogP contribution in [0.25, 0.3) is 0 Å². The van der Waals surface area contributed by atoms with E-state index in [0.717, 1.165) is 0 Å². The van der Waals surface area contributed by atoms with E-state index in [2.05, 4.69) is 11.3 Å². The van der Waals surface area contributed by atoms with Gasteiger partial charge in [0.25, 0.3) is 0 Å². The molecule has 0 amide bonds. The van der Waals surface area contributed by atoms with E-state index in [1.54, 1.807) is 0 Å². The molecule has 0 aliphatic carbocycles. The summed E-state index contributed by atoms with van der Waals surface area (Å²) in [7, 11) is 0. The summed E-state index contributed by atoms with van der Waals surface area (Å²) in [4.78, 5) is 10.8. The van der Waals surface area contributed by atoms with Crippen LogP contribution in [-0.4, -0.2) is 29.2 Å². The summed E-state index contributed by atoms with van der Waals surface area (Å²) >= 11 is 0. The molecule has 0 fully saturated rings. The van der Waals surface area contributed by atoms with Gasteiger partial charge in [-0.15, -0.1) is 0 Å². The predicted molar refractivity (Wildman–Crippen MR) is 47.1 cm³/mol. The van der Waals surface area contributed by atoms with Crippen molar-refractivity contribution in [1.82, 2.24) is 0 Å². The van der Waals surface area contributed by atoms with Crippen LogP contribution in [0.4, 0.5) is 17.6 Å². The second-order valence-electron chi connectivity index (χ2n) is 3.57. The zero-order valence-electron chi connectivity index (χ0n) is 8.77. The molecule has 1 N–H and O–H groups in total. The van der Waals surface area contributed by atoms with E-state index >= 15 is 0 Å². The Kier molecular flexibility index (Phi) is 4.48. The van der Waals surface area contributed by atoms with Crippen LogP contribution in [0.3, 0.4) is 0 Å². The third-order valence-electron chi connectivity index (χ3n) is 1.75. The number of aliphatic hydroxyl groups is 1. The van der Waals surface area contributed by atoms with Crippen LogP contribution >= 0.6 is 0 Å². The van der Waals surface area contributed by atoms with Crippen molar-refractivity contribution in [3.8, 4) is 0 Å². The maximum atomic E-state index is 12.9. The van der Waals surface area contributed by atoms with Crippen molar-refractivity contribution in [3.63, 3.8) is 0 Å². The van der Waals surface area contributed by atoms with Crippen LogP contribution in [0.1, 0.15) is 20.3 Å². The van der Waals surface area contributed by atoms with E-state index in [0.29, 0.717) is 6.92 Å². The standard InChI is InChI=1S/C9H12F4O3/c1-5(2)7(14)16-6(10)4-8(3,15)9(11,12)13/h6,15H,1,4H2,2-3H3. The molecule has 7 heteroatoms. The quantitative estimate of drug-likeness (QED) is 0.468. The summed E-state index contributed by atoms with van der Waals surface area (Å²) < 4.78 is 53.2. The van der Waals surface area contributed by atoms with Crippen molar-refractivity contribution in [2.75, 3.05) is 0 Å². The molecule has 0 aromatic rings. The van der Waals surface area contributed by atoms with Gasteiger partial charge in [0, 0.05) is 5.57 Å². The third kappa shape index (κ3) is 4.18. The van der Waals surface area contributed by atoms with Crippen molar-refractivity contribution in [3.05, 3.63) is 12.2 Å². The first-order valence-corrected chi connectivity index (χ1v) is 4.27. The number of alkyl halides is 4. The molecule has 0 radical (unpaired) electrons. The zero-order valence-corrected chi connectivity index (χ0v) is 8.77. The molecule has 2 atom stereocenters. The minimum absolute atomic E-state index is 0.144. The molecule has 94 valence electrons. The number of carbonyl (C=O) groups excluding carboxylic acids is 1. The SMILES string of the molecule is C=C(C)C(=O)OC(F)CC(C)(O)C(F)(F)F. The van der Waals surface area contributed by atoms with Crippen molar-refractivity contribution in [2.45, 2.75) is 38.4 Å². The van der Waals surface area contributed by atoms with E-state index in [1.807, 2.05) is 0 Å². The highest BCUT2D eigenvalue weighted by Crippen LogP contribution is 2.34. The lowest BCUT2D eigenvalue weighted by Crippen LogP contribution is -2.44. The van der Waals surface area contributed by atoms with Gasteiger partial charge in [0.2, 0.25) is 6.36 Å². The number of carbonyl (C=O) groups is 1. The summed E-state index contributed by atoms with van der Waals surface area (Å²) in [5.74, 6) is -1.15. The molecule has 0 spiro atoms. The van der Waals surface area contributed by atoms with Crippen molar-refractivity contribution in [2.24, 2.45) is 0 Å². The smallest absolute Gasteiger partial charge is 0.417 e. The Morgan fingerprint density at radius 3 is 2.25 bits per heavy atom. The highest BCUT2D eigenvalue weighted by atomic mass is 19.4. The van der Waals surface area contributed by atoms with E-state index in [4.69, 9.17) is 5.11 Å². The Labute approximate surface area is 89.7 Å². The van der Waals surface area contributed by atoms with Gasteiger partial charge in [-0.3, -0.25) is 0 Å². The fourth-order valence-electron chi connectivity index (χ4n) is 0.687. The molecule has 0 aromatic carbocycles. The van der Waals surface area contributed by atoms with Gasteiger partial charge in [0.15, 0.2) is 5.60 Å². The normalized spacial score (nSPS) is 17.4. The zero-order chi connectivity index (χ0) is 13.1. The first kappa shape index (κ1) is 14.9. The van der Waals surface area contributed by atoms with Gasteiger partial charge in [-0.25, -0.2) is 9.18 Å². The molecule has 0 aliphatic rings. The number of ether oxygens (including phenoxy) is 1. The fourth-order valence-corrected chi connectivity index (χ4v) is 0.687. The van der Waals surface area contributed by atoms with Crippen LogP contribution in [0, 0.1) is 0 Å². The first-order valence-electron chi connectivity index (χ1n) is 4.27. The van der Waals surface area contributed by atoms with Crippen molar-refractivity contribution < 1.29 is 32.2 Å². The molecule has 3 nitrogen and oxygen atoms in total. The van der Waals surface area contributed by atoms with Crippen molar-refractivity contribution >= 4 is 5.97 Å². The fraction of sp³-hybridized carbons (Fsp3) is 0.667. The molecule has 0 aromatic heterocycles. The Hall–Kier alpha value is -1.11. The molecule has 0 heterocycles. The molecule has 0 bridgehead atoms. The Morgan fingerprint density at radius 2 is 1.94 bits per heavy atom. The summed E-state index contributed by atoms with van der Waals surface area (Å²) in [6, 6.07) is 0. The summed E-state index contributed by atoms with van der Waals surface area (Å²) in [5.41, 5.74) is -3.39. The largest absolute Gasteiger partial charge is 0.428 e. The number of halogens is 4. The van der Waals surface area contributed by atoms with Gasteiger partial charge < -0.3 is 9.84 Å². The number of esters is 1. The van der Waals surface area contributed by atoms with E-state index in [-0.39, 0.29) is 5.57 Å². The molecule has 2 unspecified atom stereocenters. The van der Waals surface area contributed by atoms with Gasteiger partial charge in [-0.05, 0) is 13.8 Å². The highest BCUT2D eigenvalue weighted by Gasteiger charge is 2.51. The Bertz CT molecular complexity index is 283. The topological polar surface area (TPSA) is 46.5 Å². The van der Waals surface area contributed by atoms with Gasteiger partial charge in [0.05, 0.1) is 6.42 Å². The summed E-state index contributed by atoms with van der Waals surface area (Å²) in [5, 5.41) is 8.89. The Morgan fingerprint density at radius 1 is 1.50 bits per heavy atom. The van der Waals surface area contributed by atoms with Crippen LogP contribution in [0.2, 0.25) is 0 Å². The van der Waals surface area contributed by atoms with Crippen LogP contribution < -0.4 is 0 Å². The van der Waals surface area contributed by atoms with Crippen LogP contribution in [0.15, 0.2) is 12.2 Å². The predicted octanol–water partition coefficient (Wildman–Crippen LogP) is 2.10. The van der Waals surface area contributed by atoms with Gasteiger partial charge >= 0.3 is 12.1 Å². The average molecular weight is 244 g/mol. The number of hydrogen-bond acceptors (Lipinski definition) is 3. The van der Waals surface area contributed by atoms with Crippen molar-refractivity contribution in [1.29, 1.82) is 0 Å². The average Bonchev–Trinajstić information content (AvgIpc) is 1.99. The molecule has 0 saturated carbocycles. The third-order valence-corrected chi connectivity index (χ3v) is 1.75. The van der Waals surface area contributed by atoms with Gasteiger partial charge in [-0.2, -0.15) is 13.2 Å². The Balaban J connectivity index is 4.41. The first-order chi connectivity index (χ1) is 6.97. The summed E-state index contributed by atoms with van der Waals surface area (Å²) in [6.07, 6.45) is -8.91. The van der Waals surface area contributed by atoms with Crippen LogP contribution in [-0.2, 0) is 9.53 Å². The van der Waals surface area contributed by atoms with E-state index in [1.165, 1.54) is 6.92 Å². The van der Waals surface area contributed by atoms with Gasteiger partial charge in [-0.1, -0.05) is 6.58 Å². The minimum Gasteiger partial charge on any atom is -0.428 e. The number of hydrogen-bond donors (Lipinski definition) is 1. The molecule has 0 rings (SSSR count). The molecule has 0 aliphatic heterocycles. The van der Waals surface area contributed by atoms with Gasteiger partial charge in [0.1, 0.15) is 0 Å². The lowest BCUT2D eigenvalue weighted by Gasteiger charge is -2.27. The monoisotopic (exact) mass is 244 g/mol. The van der Waals surface area contributed by atoms with E-state index < -0.39 is 30.5 Å². The maximum Gasteiger partial charge on any atom is 0.417 e. The summed E-state index contributed by atoms with van der Waals surface area (Å²) in [6.45, 7) is 4.74. The maximum absolute atomic E-state index is 12.9.